The first-order valence-electron chi connectivity index (χ1n) is 6.90. The minimum absolute atomic E-state index is 0.558. The third-order valence-electron chi connectivity index (χ3n) is 2.54. The van der Waals surface area contributed by atoms with Crippen molar-refractivity contribution in [2.24, 2.45) is 5.92 Å². The lowest BCUT2D eigenvalue weighted by atomic mass is 10.2. The third-order valence-corrected chi connectivity index (χ3v) is 3.35. The summed E-state index contributed by atoms with van der Waals surface area (Å²) in [5.41, 5.74) is 0. The second-order valence-electron chi connectivity index (χ2n) is 5.03. The van der Waals surface area contributed by atoms with E-state index in [-0.39, 0.29) is 0 Å². The topological polar surface area (TPSA) is 64.9 Å². The van der Waals surface area contributed by atoms with Gasteiger partial charge in [0.15, 0.2) is 5.75 Å². The van der Waals surface area contributed by atoms with Crippen LogP contribution in [0.15, 0.2) is 12.4 Å². The molecule has 2 rings (SSSR count). The minimum atomic E-state index is 0.558. The van der Waals surface area contributed by atoms with E-state index in [1.54, 1.807) is 6.20 Å². The third kappa shape index (κ3) is 4.57. The number of nitrogens with zero attached hydrogens (tertiary/aromatic N) is 4. The van der Waals surface area contributed by atoms with E-state index in [0.29, 0.717) is 16.9 Å². The Hall–Kier alpha value is -1.47. The Bertz CT molecular complexity index is 522. The predicted octanol–water partition coefficient (Wildman–Crippen LogP) is 2.68. The molecule has 0 saturated heterocycles. The molecule has 6 nitrogen and oxygen atoms in total. The second kappa shape index (κ2) is 7.35. The molecule has 1 N–H and O–H groups in total. The molecule has 0 fully saturated rings. The summed E-state index contributed by atoms with van der Waals surface area (Å²) >= 11 is 1.46. The van der Waals surface area contributed by atoms with Crippen molar-refractivity contribution in [1.82, 2.24) is 25.3 Å². The number of aryl methyl sites for hydroxylation is 1. The van der Waals surface area contributed by atoms with Crippen molar-refractivity contribution in [3.63, 3.8) is 0 Å². The highest BCUT2D eigenvalue weighted by Crippen LogP contribution is 2.24. The van der Waals surface area contributed by atoms with Gasteiger partial charge in [0.05, 0.1) is 12.4 Å². The summed E-state index contributed by atoms with van der Waals surface area (Å²) in [4.78, 5) is 0. The maximum Gasteiger partial charge on any atom is 0.299 e. The number of aromatic nitrogens is 4. The van der Waals surface area contributed by atoms with E-state index < -0.39 is 0 Å². The van der Waals surface area contributed by atoms with Gasteiger partial charge in [-0.25, -0.2) is 0 Å². The zero-order chi connectivity index (χ0) is 14.4. The Morgan fingerprint density at radius 2 is 2.25 bits per heavy atom. The normalized spacial score (nSPS) is 11.2. The Kier molecular flexibility index (Phi) is 5.49. The molecule has 0 saturated carbocycles. The largest absolute Gasteiger partial charge is 0.426 e. The maximum absolute atomic E-state index is 5.65. The molecule has 2 heterocycles. The van der Waals surface area contributed by atoms with E-state index in [9.17, 15) is 0 Å². The standard InChI is InChI=1S/C13H21N5OS/c1-4-5-18-9-11(7-15-18)19-13-17-16-12(20-13)8-14-6-10(2)3/h7,9-10,14H,4-6,8H2,1-3H3. The summed E-state index contributed by atoms with van der Waals surface area (Å²) in [5.74, 6) is 1.33. The SMILES string of the molecule is CCCn1cc(Oc2nnc(CNCC(C)C)s2)cn1. The molecule has 2 aromatic heterocycles. The molecule has 20 heavy (non-hydrogen) atoms. The van der Waals surface area contributed by atoms with Gasteiger partial charge in [0.2, 0.25) is 0 Å². The maximum atomic E-state index is 5.65. The number of nitrogens with one attached hydrogen (secondary N) is 1. The molecular weight excluding hydrogens is 274 g/mol. The molecule has 0 radical (unpaired) electrons. The monoisotopic (exact) mass is 295 g/mol. The van der Waals surface area contributed by atoms with Crippen molar-refractivity contribution < 1.29 is 4.74 Å². The van der Waals surface area contributed by atoms with Crippen molar-refractivity contribution >= 4 is 11.3 Å². The fourth-order valence-electron chi connectivity index (χ4n) is 1.67. The number of hydrogen-bond acceptors (Lipinski definition) is 6. The van der Waals surface area contributed by atoms with Gasteiger partial charge < -0.3 is 10.1 Å². The van der Waals surface area contributed by atoms with E-state index in [1.807, 2.05) is 10.9 Å². The van der Waals surface area contributed by atoms with Crippen LogP contribution in [0.3, 0.4) is 0 Å². The summed E-state index contributed by atoms with van der Waals surface area (Å²) in [6.45, 7) is 9.06. The Morgan fingerprint density at radius 3 is 3.00 bits per heavy atom. The van der Waals surface area contributed by atoms with Gasteiger partial charge in [-0.05, 0) is 18.9 Å². The van der Waals surface area contributed by atoms with Gasteiger partial charge in [0, 0.05) is 13.1 Å². The summed E-state index contributed by atoms with van der Waals surface area (Å²) in [6, 6.07) is 0. The smallest absolute Gasteiger partial charge is 0.299 e. The average molecular weight is 295 g/mol. The van der Waals surface area contributed by atoms with Crippen LogP contribution in [0.25, 0.3) is 0 Å². The van der Waals surface area contributed by atoms with Crippen LogP contribution >= 0.6 is 11.3 Å². The van der Waals surface area contributed by atoms with Gasteiger partial charge >= 0.3 is 0 Å². The van der Waals surface area contributed by atoms with E-state index in [4.69, 9.17) is 4.74 Å². The van der Waals surface area contributed by atoms with Crippen LogP contribution < -0.4 is 10.1 Å². The molecule has 2 aromatic rings. The lowest BCUT2D eigenvalue weighted by Gasteiger charge is -2.03. The highest BCUT2D eigenvalue weighted by molar-refractivity contribution is 7.13. The van der Waals surface area contributed by atoms with Crippen LogP contribution in [0.2, 0.25) is 0 Å². The average Bonchev–Trinajstić information content (AvgIpc) is 3.00. The summed E-state index contributed by atoms with van der Waals surface area (Å²) in [6.07, 6.45) is 4.63. The van der Waals surface area contributed by atoms with Crippen LogP contribution in [-0.2, 0) is 13.1 Å². The van der Waals surface area contributed by atoms with Gasteiger partial charge in [-0.15, -0.1) is 5.10 Å². The van der Waals surface area contributed by atoms with Crippen molar-refractivity contribution in [1.29, 1.82) is 0 Å². The number of ether oxygens (including phenoxy) is 1. The van der Waals surface area contributed by atoms with E-state index >= 15 is 0 Å². The molecule has 110 valence electrons. The summed E-state index contributed by atoms with van der Waals surface area (Å²) in [5, 5.41) is 17.2. The quantitative estimate of drug-likeness (QED) is 0.811. The molecule has 0 aliphatic carbocycles. The lowest BCUT2D eigenvalue weighted by molar-refractivity contribution is 0.471. The van der Waals surface area contributed by atoms with E-state index in [2.05, 4.69) is 41.4 Å². The number of rotatable bonds is 8. The summed E-state index contributed by atoms with van der Waals surface area (Å²) in [7, 11) is 0. The highest BCUT2D eigenvalue weighted by atomic mass is 32.1. The Balaban J connectivity index is 1.85. The summed E-state index contributed by atoms with van der Waals surface area (Å²) < 4.78 is 7.51. The van der Waals surface area contributed by atoms with Crippen molar-refractivity contribution in [2.75, 3.05) is 6.54 Å². The van der Waals surface area contributed by atoms with Gasteiger partial charge in [-0.3, -0.25) is 4.68 Å². The van der Waals surface area contributed by atoms with Gasteiger partial charge in [-0.1, -0.05) is 37.2 Å². The fourth-order valence-corrected chi connectivity index (χ4v) is 2.35. The molecule has 0 aromatic carbocycles. The molecular formula is C13H21N5OS. The molecule has 0 amide bonds. The first-order valence-corrected chi connectivity index (χ1v) is 7.72. The molecule has 0 unspecified atom stereocenters. The lowest BCUT2D eigenvalue weighted by Crippen LogP contribution is -2.18. The van der Waals surface area contributed by atoms with Gasteiger partial charge in [-0.2, -0.15) is 5.10 Å². The van der Waals surface area contributed by atoms with Gasteiger partial charge in [0.1, 0.15) is 5.01 Å². The van der Waals surface area contributed by atoms with Crippen molar-refractivity contribution in [3.8, 4) is 10.9 Å². The van der Waals surface area contributed by atoms with Crippen LogP contribution in [0.4, 0.5) is 0 Å². The van der Waals surface area contributed by atoms with Crippen LogP contribution in [0.1, 0.15) is 32.2 Å². The molecule has 7 heteroatoms. The molecule has 0 atom stereocenters. The highest BCUT2D eigenvalue weighted by Gasteiger charge is 2.08. The zero-order valence-corrected chi connectivity index (χ0v) is 13.0. The fraction of sp³-hybridized carbons (Fsp3) is 0.615. The van der Waals surface area contributed by atoms with E-state index in [1.165, 1.54) is 11.3 Å². The minimum Gasteiger partial charge on any atom is -0.426 e. The molecule has 0 bridgehead atoms. The molecule has 0 aliphatic rings. The Labute approximate surface area is 123 Å². The van der Waals surface area contributed by atoms with E-state index in [0.717, 1.165) is 31.1 Å². The first kappa shape index (κ1) is 14.9. The molecule has 0 aliphatic heterocycles. The van der Waals surface area contributed by atoms with Crippen molar-refractivity contribution in [2.45, 2.75) is 40.3 Å². The zero-order valence-electron chi connectivity index (χ0n) is 12.2. The van der Waals surface area contributed by atoms with Crippen LogP contribution in [0, 0.1) is 5.92 Å². The van der Waals surface area contributed by atoms with Crippen molar-refractivity contribution in [3.05, 3.63) is 17.4 Å². The second-order valence-corrected chi connectivity index (χ2v) is 6.05. The van der Waals surface area contributed by atoms with Crippen LogP contribution in [0.5, 0.6) is 10.9 Å². The number of hydrogen-bond donors (Lipinski definition) is 1. The first-order chi connectivity index (χ1) is 9.67. The Morgan fingerprint density at radius 1 is 1.40 bits per heavy atom. The van der Waals surface area contributed by atoms with Gasteiger partial charge in [0.25, 0.3) is 5.19 Å². The predicted molar refractivity (Wildman–Crippen MR) is 79.0 cm³/mol. The van der Waals surface area contributed by atoms with Crippen LogP contribution in [-0.4, -0.2) is 26.5 Å². The molecule has 0 spiro atoms.